The van der Waals surface area contributed by atoms with Gasteiger partial charge in [-0.15, -0.1) is 0 Å². The van der Waals surface area contributed by atoms with Crippen molar-refractivity contribution in [2.45, 2.75) is 83.6 Å². The van der Waals surface area contributed by atoms with Crippen LogP contribution in [0.5, 0.6) is 0 Å². The lowest BCUT2D eigenvalue weighted by Gasteiger charge is -2.27. The molecular formula is C25H42N2O7Si. The molecule has 0 fully saturated rings. The van der Waals surface area contributed by atoms with Crippen molar-refractivity contribution in [3.8, 4) is 0 Å². The summed E-state index contributed by atoms with van der Waals surface area (Å²) in [6.45, 7) is 13.5. The molecular weight excluding hydrogens is 468 g/mol. The highest BCUT2D eigenvalue weighted by atomic mass is 28.3. The van der Waals surface area contributed by atoms with Gasteiger partial charge in [-0.25, -0.2) is 9.59 Å². The lowest BCUT2D eigenvalue weighted by atomic mass is 10.1. The van der Waals surface area contributed by atoms with Gasteiger partial charge >= 0.3 is 18.0 Å². The Morgan fingerprint density at radius 2 is 1.66 bits per heavy atom. The van der Waals surface area contributed by atoms with Gasteiger partial charge in [-0.2, -0.15) is 0 Å². The number of amides is 1. The van der Waals surface area contributed by atoms with E-state index in [0.717, 1.165) is 11.6 Å². The van der Waals surface area contributed by atoms with Gasteiger partial charge in [0.05, 0.1) is 0 Å². The molecule has 0 aliphatic heterocycles. The Kier molecular flexibility index (Phi) is 12.4. The summed E-state index contributed by atoms with van der Waals surface area (Å²) in [5, 5.41) is 5.40. The minimum absolute atomic E-state index is 0.260. The highest BCUT2D eigenvalue weighted by Gasteiger charge is 2.34. The standard InChI is InChI=1S/C25H42N2O7Si/c1-18(33-22(28)20(26-5)16-19-12-10-9-11-13-19)21(27-24(30)34-25(2,3)4)23(29)32-17-31-14-15-35(6,7)8/h9-13,18,20-21,26H,14-17H2,1-8H3,(H,27,30)/t18-,20+,21+/m1/s1. The van der Waals surface area contributed by atoms with Crippen LogP contribution in [0.15, 0.2) is 30.3 Å². The number of nitrogens with one attached hydrogen (secondary N) is 2. The zero-order valence-electron chi connectivity index (χ0n) is 22.3. The van der Waals surface area contributed by atoms with Gasteiger partial charge in [0.2, 0.25) is 0 Å². The predicted molar refractivity (Wildman–Crippen MR) is 137 cm³/mol. The van der Waals surface area contributed by atoms with Crippen molar-refractivity contribution in [2.24, 2.45) is 0 Å². The number of hydrogen-bond donors (Lipinski definition) is 2. The molecule has 1 amide bonds. The van der Waals surface area contributed by atoms with E-state index in [9.17, 15) is 14.4 Å². The molecule has 0 unspecified atom stereocenters. The van der Waals surface area contributed by atoms with Crippen LogP contribution in [0, 0.1) is 0 Å². The summed E-state index contributed by atoms with van der Waals surface area (Å²) in [5.41, 5.74) is 0.181. The molecule has 0 saturated heterocycles. The van der Waals surface area contributed by atoms with E-state index < -0.39 is 49.9 Å². The third kappa shape index (κ3) is 13.3. The first-order chi connectivity index (χ1) is 16.2. The van der Waals surface area contributed by atoms with Gasteiger partial charge in [0.15, 0.2) is 12.8 Å². The molecule has 0 aliphatic carbocycles. The van der Waals surface area contributed by atoms with E-state index >= 15 is 0 Å². The maximum atomic E-state index is 12.8. The SMILES string of the molecule is CN[C@@H](Cc1ccccc1)C(=O)O[C@H](C)[C@H](NC(=O)OC(C)(C)C)C(=O)OCOCC[Si](C)(C)C. The van der Waals surface area contributed by atoms with E-state index in [4.69, 9.17) is 18.9 Å². The summed E-state index contributed by atoms with van der Waals surface area (Å²) >= 11 is 0. The molecule has 0 aliphatic rings. The molecule has 198 valence electrons. The van der Waals surface area contributed by atoms with Crippen molar-refractivity contribution in [1.29, 1.82) is 0 Å². The molecule has 1 aromatic rings. The highest BCUT2D eigenvalue weighted by molar-refractivity contribution is 6.76. The highest BCUT2D eigenvalue weighted by Crippen LogP contribution is 2.12. The van der Waals surface area contributed by atoms with Gasteiger partial charge in [0.25, 0.3) is 0 Å². The largest absolute Gasteiger partial charge is 0.459 e. The molecule has 1 aromatic carbocycles. The maximum Gasteiger partial charge on any atom is 0.408 e. The van der Waals surface area contributed by atoms with Crippen LogP contribution in [0.25, 0.3) is 0 Å². The second kappa shape index (κ2) is 14.2. The van der Waals surface area contributed by atoms with Crippen molar-refractivity contribution >= 4 is 26.1 Å². The molecule has 1 rings (SSSR count). The number of alkyl carbamates (subject to hydrolysis) is 1. The lowest BCUT2D eigenvalue weighted by Crippen LogP contribution is -2.52. The zero-order valence-corrected chi connectivity index (χ0v) is 23.3. The number of carbonyl (C=O) groups excluding carboxylic acids is 3. The number of rotatable bonds is 13. The molecule has 0 spiro atoms. The summed E-state index contributed by atoms with van der Waals surface area (Å²) in [6.07, 6.45) is -1.44. The molecule has 10 heteroatoms. The van der Waals surface area contributed by atoms with Crippen molar-refractivity contribution in [2.75, 3.05) is 20.4 Å². The molecule has 0 heterocycles. The summed E-state index contributed by atoms with van der Waals surface area (Å²) in [4.78, 5) is 38.0. The number of likely N-dealkylation sites (N-methyl/N-ethyl adjacent to an activating group) is 1. The monoisotopic (exact) mass is 510 g/mol. The van der Waals surface area contributed by atoms with Gasteiger partial charge in [0, 0.05) is 14.7 Å². The van der Waals surface area contributed by atoms with E-state index in [2.05, 4.69) is 30.3 Å². The summed E-state index contributed by atoms with van der Waals surface area (Å²) in [6, 6.07) is 8.50. The first kappa shape index (κ1) is 30.6. The third-order valence-electron chi connectivity index (χ3n) is 4.89. The van der Waals surface area contributed by atoms with E-state index in [-0.39, 0.29) is 6.79 Å². The van der Waals surface area contributed by atoms with Gasteiger partial charge < -0.3 is 29.6 Å². The molecule has 0 radical (unpaired) electrons. The van der Waals surface area contributed by atoms with Crippen LogP contribution in [0.2, 0.25) is 25.7 Å². The first-order valence-electron chi connectivity index (χ1n) is 11.9. The minimum atomic E-state index is -1.28. The lowest BCUT2D eigenvalue weighted by molar-refractivity contribution is -0.166. The van der Waals surface area contributed by atoms with Gasteiger partial charge in [-0.3, -0.25) is 4.79 Å². The van der Waals surface area contributed by atoms with E-state index in [0.29, 0.717) is 13.0 Å². The number of carbonyl (C=O) groups is 3. The molecule has 35 heavy (non-hydrogen) atoms. The average molecular weight is 511 g/mol. The van der Waals surface area contributed by atoms with Crippen LogP contribution in [-0.2, 0) is 35.0 Å². The summed E-state index contributed by atoms with van der Waals surface area (Å²) in [7, 11) is 0.372. The van der Waals surface area contributed by atoms with E-state index in [1.807, 2.05) is 30.3 Å². The van der Waals surface area contributed by atoms with Crippen molar-refractivity contribution in [1.82, 2.24) is 10.6 Å². The number of ether oxygens (including phenoxy) is 4. The van der Waals surface area contributed by atoms with Crippen LogP contribution in [0.1, 0.15) is 33.3 Å². The fraction of sp³-hybridized carbons (Fsp3) is 0.640. The summed E-state index contributed by atoms with van der Waals surface area (Å²) < 4.78 is 21.5. The third-order valence-corrected chi connectivity index (χ3v) is 6.60. The van der Waals surface area contributed by atoms with E-state index in [1.54, 1.807) is 27.8 Å². The predicted octanol–water partition coefficient (Wildman–Crippen LogP) is 3.50. The van der Waals surface area contributed by atoms with Gasteiger partial charge in [-0.1, -0.05) is 50.0 Å². The van der Waals surface area contributed by atoms with Crippen molar-refractivity contribution in [3.63, 3.8) is 0 Å². The first-order valence-corrected chi connectivity index (χ1v) is 15.6. The number of benzene rings is 1. The van der Waals surface area contributed by atoms with Crippen LogP contribution >= 0.6 is 0 Å². The zero-order chi connectivity index (χ0) is 26.6. The topological polar surface area (TPSA) is 112 Å². The maximum absolute atomic E-state index is 12.8. The molecule has 3 atom stereocenters. The second-order valence-corrected chi connectivity index (χ2v) is 16.2. The fourth-order valence-corrected chi connectivity index (χ4v) is 3.67. The Bertz CT molecular complexity index is 806. The van der Waals surface area contributed by atoms with Gasteiger partial charge in [0.1, 0.15) is 17.7 Å². The van der Waals surface area contributed by atoms with Crippen LogP contribution < -0.4 is 10.6 Å². The smallest absolute Gasteiger partial charge is 0.408 e. The molecule has 0 aromatic heterocycles. The molecule has 0 saturated carbocycles. The minimum Gasteiger partial charge on any atom is -0.459 e. The Balaban J connectivity index is 2.82. The Hall–Kier alpha value is -2.43. The van der Waals surface area contributed by atoms with Crippen molar-refractivity contribution in [3.05, 3.63) is 35.9 Å². The molecule has 2 N–H and O–H groups in total. The normalized spacial score (nSPS) is 14.4. The average Bonchev–Trinajstić information content (AvgIpc) is 2.73. The van der Waals surface area contributed by atoms with Gasteiger partial charge in [-0.05, 0) is 52.8 Å². The second-order valence-electron chi connectivity index (χ2n) is 10.6. The van der Waals surface area contributed by atoms with E-state index in [1.165, 1.54) is 6.92 Å². The Morgan fingerprint density at radius 3 is 2.20 bits per heavy atom. The Morgan fingerprint density at radius 1 is 1.03 bits per heavy atom. The van der Waals surface area contributed by atoms with Crippen LogP contribution in [0.3, 0.4) is 0 Å². The summed E-state index contributed by atoms with van der Waals surface area (Å²) in [5.74, 6) is -1.34. The molecule has 0 bridgehead atoms. The van der Waals surface area contributed by atoms with Crippen LogP contribution in [-0.4, -0.2) is 70.3 Å². The van der Waals surface area contributed by atoms with Crippen molar-refractivity contribution < 1.29 is 33.3 Å². The number of esters is 2. The number of hydrogen-bond acceptors (Lipinski definition) is 8. The quantitative estimate of drug-likeness (QED) is 0.136. The van der Waals surface area contributed by atoms with Crippen LogP contribution in [0.4, 0.5) is 4.79 Å². The fourth-order valence-electron chi connectivity index (χ4n) is 2.92. The molecule has 9 nitrogen and oxygen atoms in total. The Labute approximate surface area is 210 Å².